The summed E-state index contributed by atoms with van der Waals surface area (Å²) >= 11 is 5.76. The van der Waals surface area contributed by atoms with E-state index < -0.39 is 5.82 Å². The van der Waals surface area contributed by atoms with Crippen molar-refractivity contribution >= 4 is 28.2 Å². The van der Waals surface area contributed by atoms with Gasteiger partial charge in [-0.3, -0.25) is 0 Å². The number of nitrogens with two attached hydrogens (primary N) is 1. The van der Waals surface area contributed by atoms with Crippen molar-refractivity contribution in [2.75, 3.05) is 5.73 Å². The average Bonchev–Trinajstić information content (AvgIpc) is 2.17. The molecule has 0 aliphatic heterocycles. The van der Waals surface area contributed by atoms with E-state index in [0.29, 0.717) is 16.1 Å². The number of hydrogen-bond acceptors (Lipinski definition) is 2. The lowest BCUT2D eigenvalue weighted by molar-refractivity contribution is 0.636. The summed E-state index contributed by atoms with van der Waals surface area (Å²) in [5.41, 5.74) is 8.31. The van der Waals surface area contributed by atoms with E-state index in [0.717, 1.165) is 11.3 Å². The molecule has 0 fully saturated rings. The van der Waals surface area contributed by atoms with Crippen LogP contribution in [0.25, 0.3) is 10.9 Å². The monoisotopic (exact) mass is 224 g/mol. The zero-order chi connectivity index (χ0) is 11.2. The summed E-state index contributed by atoms with van der Waals surface area (Å²) in [6.45, 7) is 3.66. The minimum atomic E-state index is -0.438. The molecule has 1 aromatic heterocycles. The maximum atomic E-state index is 13.5. The number of fused-ring (bicyclic) bond motifs is 1. The van der Waals surface area contributed by atoms with Gasteiger partial charge in [0, 0.05) is 21.8 Å². The number of halogens is 2. The summed E-state index contributed by atoms with van der Waals surface area (Å²) in [4.78, 5) is 4.16. The molecular weight excluding hydrogens is 215 g/mol. The average molecular weight is 225 g/mol. The van der Waals surface area contributed by atoms with Crippen LogP contribution in [0.4, 0.5) is 10.1 Å². The first kappa shape index (κ1) is 10.2. The summed E-state index contributed by atoms with van der Waals surface area (Å²) in [5.74, 6) is -0.438. The second kappa shape index (κ2) is 3.35. The van der Waals surface area contributed by atoms with Crippen LogP contribution in [-0.4, -0.2) is 4.98 Å². The van der Waals surface area contributed by atoms with E-state index in [1.54, 1.807) is 13.0 Å². The first-order chi connectivity index (χ1) is 7.00. The standard InChI is InChI=1S/C11H10ClFN2/c1-5-6(2)15-11-8(10(5)14)3-7(12)4-9(11)13/h3-4H,1-2H3,(H2,14,15). The van der Waals surface area contributed by atoms with Crippen molar-refractivity contribution in [2.24, 2.45) is 0 Å². The number of nitrogen functional groups attached to an aromatic ring is 1. The van der Waals surface area contributed by atoms with Crippen LogP contribution in [0, 0.1) is 19.7 Å². The highest BCUT2D eigenvalue weighted by atomic mass is 35.5. The molecule has 78 valence electrons. The third-order valence-corrected chi connectivity index (χ3v) is 2.76. The molecule has 15 heavy (non-hydrogen) atoms. The van der Waals surface area contributed by atoms with Crippen molar-refractivity contribution in [2.45, 2.75) is 13.8 Å². The SMILES string of the molecule is Cc1nc2c(F)cc(Cl)cc2c(N)c1C. The number of pyridine rings is 1. The summed E-state index contributed by atoms with van der Waals surface area (Å²) in [5, 5.41) is 0.903. The minimum Gasteiger partial charge on any atom is -0.398 e. The zero-order valence-corrected chi connectivity index (χ0v) is 9.19. The van der Waals surface area contributed by atoms with Crippen LogP contribution >= 0.6 is 11.6 Å². The van der Waals surface area contributed by atoms with Gasteiger partial charge in [0.1, 0.15) is 5.52 Å². The van der Waals surface area contributed by atoms with E-state index in [1.807, 2.05) is 6.92 Å². The molecule has 0 saturated carbocycles. The van der Waals surface area contributed by atoms with Crippen LogP contribution in [0.3, 0.4) is 0 Å². The van der Waals surface area contributed by atoms with E-state index in [-0.39, 0.29) is 5.52 Å². The summed E-state index contributed by atoms with van der Waals surface area (Å²) in [6, 6.07) is 2.87. The molecule has 2 N–H and O–H groups in total. The highest BCUT2D eigenvalue weighted by Crippen LogP contribution is 2.29. The first-order valence-corrected chi connectivity index (χ1v) is 4.90. The molecule has 0 amide bonds. The molecule has 0 unspecified atom stereocenters. The van der Waals surface area contributed by atoms with E-state index in [1.165, 1.54) is 6.07 Å². The Kier molecular flexibility index (Phi) is 2.27. The maximum Gasteiger partial charge on any atom is 0.150 e. The van der Waals surface area contributed by atoms with Gasteiger partial charge in [0.05, 0.1) is 0 Å². The van der Waals surface area contributed by atoms with Crippen molar-refractivity contribution in [3.05, 3.63) is 34.2 Å². The molecule has 1 heterocycles. The molecular formula is C11H10ClFN2. The van der Waals surface area contributed by atoms with Gasteiger partial charge in [-0.2, -0.15) is 0 Å². The largest absolute Gasteiger partial charge is 0.398 e. The van der Waals surface area contributed by atoms with Gasteiger partial charge in [-0.15, -0.1) is 0 Å². The highest BCUT2D eigenvalue weighted by Gasteiger charge is 2.11. The fourth-order valence-electron chi connectivity index (χ4n) is 1.53. The predicted octanol–water partition coefficient (Wildman–Crippen LogP) is 3.23. The van der Waals surface area contributed by atoms with Gasteiger partial charge in [0.2, 0.25) is 0 Å². The Bertz CT molecular complexity index is 552. The van der Waals surface area contributed by atoms with Crippen molar-refractivity contribution < 1.29 is 4.39 Å². The zero-order valence-electron chi connectivity index (χ0n) is 8.44. The Morgan fingerprint density at radius 3 is 2.67 bits per heavy atom. The molecule has 0 spiro atoms. The van der Waals surface area contributed by atoms with Gasteiger partial charge in [-0.1, -0.05) is 11.6 Å². The second-order valence-corrected chi connectivity index (χ2v) is 3.96. The molecule has 0 bridgehead atoms. The minimum absolute atomic E-state index is 0.278. The number of rotatable bonds is 0. The van der Waals surface area contributed by atoms with Crippen LogP contribution < -0.4 is 5.73 Å². The van der Waals surface area contributed by atoms with E-state index in [4.69, 9.17) is 17.3 Å². The lowest BCUT2D eigenvalue weighted by atomic mass is 10.1. The number of aryl methyl sites for hydroxylation is 1. The maximum absolute atomic E-state index is 13.5. The van der Waals surface area contributed by atoms with Gasteiger partial charge in [-0.05, 0) is 31.5 Å². The Hall–Kier alpha value is -1.35. The highest BCUT2D eigenvalue weighted by molar-refractivity contribution is 6.31. The fourth-order valence-corrected chi connectivity index (χ4v) is 1.74. The number of aromatic nitrogens is 1. The Morgan fingerprint density at radius 2 is 2.00 bits per heavy atom. The van der Waals surface area contributed by atoms with E-state index >= 15 is 0 Å². The molecule has 0 atom stereocenters. The molecule has 0 saturated heterocycles. The lowest BCUT2D eigenvalue weighted by Crippen LogP contribution is -1.99. The molecule has 2 rings (SSSR count). The predicted molar refractivity (Wildman–Crippen MR) is 60.6 cm³/mol. The number of anilines is 1. The Morgan fingerprint density at radius 1 is 1.33 bits per heavy atom. The second-order valence-electron chi connectivity index (χ2n) is 3.52. The van der Waals surface area contributed by atoms with Gasteiger partial charge in [0.25, 0.3) is 0 Å². The third kappa shape index (κ3) is 1.53. The molecule has 1 aromatic carbocycles. The molecule has 0 radical (unpaired) electrons. The van der Waals surface area contributed by atoms with Crippen molar-refractivity contribution in [3.8, 4) is 0 Å². The van der Waals surface area contributed by atoms with Crippen molar-refractivity contribution in [3.63, 3.8) is 0 Å². The number of benzene rings is 1. The van der Waals surface area contributed by atoms with Crippen molar-refractivity contribution in [1.82, 2.24) is 4.98 Å². The summed E-state index contributed by atoms with van der Waals surface area (Å²) in [7, 11) is 0. The first-order valence-electron chi connectivity index (χ1n) is 4.52. The molecule has 2 nitrogen and oxygen atoms in total. The van der Waals surface area contributed by atoms with Gasteiger partial charge in [0.15, 0.2) is 5.82 Å². The Balaban J connectivity index is 2.98. The summed E-state index contributed by atoms with van der Waals surface area (Å²) < 4.78 is 13.5. The van der Waals surface area contributed by atoms with Crippen LogP contribution in [0.5, 0.6) is 0 Å². The third-order valence-electron chi connectivity index (χ3n) is 2.54. The van der Waals surface area contributed by atoms with Gasteiger partial charge in [-0.25, -0.2) is 9.37 Å². The molecule has 0 aliphatic rings. The topological polar surface area (TPSA) is 38.9 Å². The summed E-state index contributed by atoms with van der Waals surface area (Å²) in [6.07, 6.45) is 0. The van der Waals surface area contributed by atoms with Crippen LogP contribution in [0.15, 0.2) is 12.1 Å². The quantitative estimate of drug-likeness (QED) is 0.746. The molecule has 0 aliphatic carbocycles. The van der Waals surface area contributed by atoms with Gasteiger partial charge >= 0.3 is 0 Å². The molecule has 2 aromatic rings. The van der Waals surface area contributed by atoms with E-state index in [2.05, 4.69) is 4.98 Å². The Labute approximate surface area is 91.9 Å². The number of hydrogen-bond donors (Lipinski definition) is 1. The smallest absolute Gasteiger partial charge is 0.150 e. The molecule has 4 heteroatoms. The lowest BCUT2D eigenvalue weighted by Gasteiger charge is -2.09. The van der Waals surface area contributed by atoms with Gasteiger partial charge < -0.3 is 5.73 Å². The van der Waals surface area contributed by atoms with Crippen LogP contribution in [0.1, 0.15) is 11.3 Å². The normalized spacial score (nSPS) is 10.9. The number of nitrogens with zero attached hydrogens (tertiary/aromatic N) is 1. The van der Waals surface area contributed by atoms with Crippen LogP contribution in [0.2, 0.25) is 5.02 Å². The van der Waals surface area contributed by atoms with E-state index in [9.17, 15) is 4.39 Å². The van der Waals surface area contributed by atoms with Crippen LogP contribution in [-0.2, 0) is 0 Å². The fraction of sp³-hybridized carbons (Fsp3) is 0.182. The van der Waals surface area contributed by atoms with Crippen molar-refractivity contribution in [1.29, 1.82) is 0 Å².